The highest BCUT2D eigenvalue weighted by atomic mass is 32.2. The van der Waals surface area contributed by atoms with Gasteiger partial charge in [-0.15, -0.1) is 0 Å². The van der Waals surface area contributed by atoms with Gasteiger partial charge in [-0.25, -0.2) is 17.6 Å². The van der Waals surface area contributed by atoms with Crippen molar-refractivity contribution in [1.82, 2.24) is 14.5 Å². The van der Waals surface area contributed by atoms with Gasteiger partial charge in [-0.05, 0) is 36.8 Å². The molecule has 1 aliphatic rings. The number of aryl methyl sites for hydroxylation is 1. The summed E-state index contributed by atoms with van der Waals surface area (Å²) in [5, 5.41) is 10.3. The van der Waals surface area contributed by atoms with Crippen LogP contribution in [0.4, 0.5) is 17.6 Å². The number of aliphatic carboxylic acids is 1. The third kappa shape index (κ3) is 8.88. The maximum Gasteiger partial charge on any atom is 0.490 e. The Hall–Kier alpha value is -3.03. The molecule has 0 aromatic heterocycles. The van der Waals surface area contributed by atoms with Crippen molar-refractivity contribution < 1.29 is 40.7 Å². The number of alkyl halides is 3. The summed E-state index contributed by atoms with van der Waals surface area (Å²) in [4.78, 5) is 23.4. The van der Waals surface area contributed by atoms with Gasteiger partial charge in [0.25, 0.3) is 0 Å². The molecule has 0 spiro atoms. The number of sulfonamides is 1. The number of halogens is 4. The zero-order valence-corrected chi connectivity index (χ0v) is 20.3. The number of hydrogen-bond donors (Lipinski definition) is 2. The molecule has 2 N–H and O–H groups in total. The molecule has 1 fully saturated rings. The highest BCUT2D eigenvalue weighted by Crippen LogP contribution is 2.20. The molecule has 0 saturated carbocycles. The zero-order chi connectivity index (χ0) is 26.9. The van der Waals surface area contributed by atoms with E-state index in [2.05, 4.69) is 5.32 Å². The fraction of sp³-hybridized carbons (Fsp3) is 0.391. The maximum absolute atomic E-state index is 13.2. The molecule has 2 aromatic rings. The third-order valence-electron chi connectivity index (χ3n) is 5.22. The standard InChI is InChI=1S/C21H26FN3O3S.C2HF3O2/c1-17-2-8-20(9-3-17)29(27,28)25(16-18-4-6-19(22)7-5-18)13-10-21(26)24-14-11-23-12-15-24;3-2(4,5)1(6)7/h2-9,23H,10-16H2,1H3;(H,6,7). The van der Waals surface area contributed by atoms with Crippen molar-refractivity contribution in [3.8, 4) is 0 Å². The molecule has 0 atom stereocenters. The van der Waals surface area contributed by atoms with E-state index in [-0.39, 0.29) is 36.1 Å². The SMILES string of the molecule is Cc1ccc(S(=O)(=O)N(CCC(=O)N2CCNCC2)Cc2ccc(F)cc2)cc1.O=C(O)C(F)(F)F. The van der Waals surface area contributed by atoms with Gasteiger partial charge in [0, 0.05) is 45.7 Å². The van der Waals surface area contributed by atoms with Crippen molar-refractivity contribution in [3.63, 3.8) is 0 Å². The second-order valence-electron chi connectivity index (χ2n) is 7.96. The summed E-state index contributed by atoms with van der Waals surface area (Å²) in [7, 11) is -3.80. The van der Waals surface area contributed by atoms with Gasteiger partial charge in [0.2, 0.25) is 15.9 Å². The Morgan fingerprint density at radius 2 is 1.56 bits per heavy atom. The molecule has 1 amide bonds. The molecule has 0 radical (unpaired) electrons. The maximum atomic E-state index is 13.2. The number of carboxylic acids is 1. The van der Waals surface area contributed by atoms with Crippen LogP contribution in [0.2, 0.25) is 0 Å². The van der Waals surface area contributed by atoms with Crippen LogP contribution in [0.15, 0.2) is 53.4 Å². The fourth-order valence-corrected chi connectivity index (χ4v) is 4.66. The number of benzene rings is 2. The zero-order valence-electron chi connectivity index (χ0n) is 19.5. The molecule has 2 aromatic carbocycles. The number of nitrogens with zero attached hydrogens (tertiary/aromatic N) is 2. The Morgan fingerprint density at radius 3 is 2.06 bits per heavy atom. The Kier molecular flexibility index (Phi) is 10.4. The van der Waals surface area contributed by atoms with E-state index in [0.29, 0.717) is 18.7 Å². The quantitative estimate of drug-likeness (QED) is 0.531. The topological polar surface area (TPSA) is 107 Å². The number of carboxylic acid groups (broad SMARTS) is 1. The van der Waals surface area contributed by atoms with E-state index in [1.807, 2.05) is 6.92 Å². The van der Waals surface area contributed by atoms with E-state index in [1.54, 1.807) is 41.3 Å². The van der Waals surface area contributed by atoms with Gasteiger partial charge in [0.1, 0.15) is 5.82 Å². The van der Waals surface area contributed by atoms with Crippen molar-refractivity contribution in [3.05, 3.63) is 65.5 Å². The number of carbonyl (C=O) groups excluding carboxylic acids is 1. The second kappa shape index (κ2) is 12.8. The Bertz CT molecular complexity index is 1120. The van der Waals surface area contributed by atoms with Crippen LogP contribution < -0.4 is 5.32 Å². The molecular weight excluding hydrogens is 506 g/mol. The summed E-state index contributed by atoms with van der Waals surface area (Å²) in [6.45, 7) is 4.77. The lowest BCUT2D eigenvalue weighted by molar-refractivity contribution is -0.192. The third-order valence-corrected chi connectivity index (χ3v) is 7.08. The number of rotatable bonds is 7. The molecule has 8 nitrogen and oxygen atoms in total. The van der Waals surface area contributed by atoms with Crippen LogP contribution in [-0.2, 0) is 26.2 Å². The van der Waals surface area contributed by atoms with Gasteiger partial charge in [0.15, 0.2) is 0 Å². The molecule has 1 saturated heterocycles. The van der Waals surface area contributed by atoms with Crippen LogP contribution in [-0.4, -0.2) is 73.5 Å². The first-order valence-corrected chi connectivity index (χ1v) is 12.3. The monoisotopic (exact) mass is 533 g/mol. The number of hydrogen-bond acceptors (Lipinski definition) is 5. The minimum atomic E-state index is -5.08. The predicted octanol–water partition coefficient (Wildman–Crippen LogP) is 2.78. The van der Waals surface area contributed by atoms with Gasteiger partial charge in [-0.2, -0.15) is 17.5 Å². The Morgan fingerprint density at radius 1 is 1.03 bits per heavy atom. The lowest BCUT2D eigenvalue weighted by atomic mass is 10.2. The highest BCUT2D eigenvalue weighted by molar-refractivity contribution is 7.89. The number of carbonyl (C=O) groups is 2. The normalized spacial score (nSPS) is 14.2. The average molecular weight is 534 g/mol. The van der Waals surface area contributed by atoms with E-state index < -0.39 is 22.2 Å². The van der Waals surface area contributed by atoms with Crippen molar-refractivity contribution >= 4 is 21.9 Å². The largest absolute Gasteiger partial charge is 0.490 e. The van der Waals surface area contributed by atoms with Gasteiger partial charge >= 0.3 is 12.1 Å². The van der Waals surface area contributed by atoms with Crippen LogP contribution in [0, 0.1) is 12.7 Å². The number of nitrogens with one attached hydrogen (secondary N) is 1. The molecular formula is C23H27F4N3O5S. The van der Waals surface area contributed by atoms with E-state index in [1.165, 1.54) is 16.4 Å². The molecule has 198 valence electrons. The average Bonchev–Trinajstić information content (AvgIpc) is 2.83. The summed E-state index contributed by atoms with van der Waals surface area (Å²) in [5.74, 6) is -3.20. The smallest absolute Gasteiger partial charge is 0.475 e. The molecule has 0 unspecified atom stereocenters. The first-order chi connectivity index (χ1) is 16.8. The van der Waals surface area contributed by atoms with E-state index >= 15 is 0 Å². The van der Waals surface area contributed by atoms with Crippen LogP contribution in [0.25, 0.3) is 0 Å². The summed E-state index contributed by atoms with van der Waals surface area (Å²) in [6, 6.07) is 12.4. The van der Waals surface area contributed by atoms with Gasteiger partial charge in [0.05, 0.1) is 4.90 Å². The predicted molar refractivity (Wildman–Crippen MR) is 123 cm³/mol. The molecule has 3 rings (SSSR count). The van der Waals surface area contributed by atoms with Crippen molar-refractivity contribution in [1.29, 1.82) is 0 Å². The summed E-state index contributed by atoms with van der Waals surface area (Å²) < 4.78 is 72.7. The molecule has 0 aliphatic carbocycles. The van der Waals surface area contributed by atoms with Crippen molar-refractivity contribution in [2.75, 3.05) is 32.7 Å². The molecule has 0 bridgehead atoms. The summed E-state index contributed by atoms with van der Waals surface area (Å²) in [5.41, 5.74) is 1.62. The van der Waals surface area contributed by atoms with Crippen LogP contribution in [0.3, 0.4) is 0 Å². The first kappa shape index (κ1) is 29.2. The van der Waals surface area contributed by atoms with E-state index in [4.69, 9.17) is 9.90 Å². The van der Waals surface area contributed by atoms with Gasteiger partial charge < -0.3 is 15.3 Å². The summed E-state index contributed by atoms with van der Waals surface area (Å²) in [6.07, 6.45) is -4.98. The Balaban J connectivity index is 0.000000572. The summed E-state index contributed by atoms with van der Waals surface area (Å²) >= 11 is 0. The van der Waals surface area contributed by atoms with E-state index in [9.17, 15) is 30.8 Å². The molecule has 36 heavy (non-hydrogen) atoms. The Labute approximate surface area is 206 Å². The first-order valence-electron chi connectivity index (χ1n) is 10.9. The number of amides is 1. The lowest BCUT2D eigenvalue weighted by Gasteiger charge is -2.29. The number of piperazine rings is 1. The molecule has 1 aliphatic heterocycles. The second-order valence-corrected chi connectivity index (χ2v) is 9.90. The van der Waals surface area contributed by atoms with Gasteiger partial charge in [-0.3, -0.25) is 4.79 Å². The minimum Gasteiger partial charge on any atom is -0.475 e. The minimum absolute atomic E-state index is 0.0605. The highest BCUT2D eigenvalue weighted by Gasteiger charge is 2.38. The fourth-order valence-electron chi connectivity index (χ4n) is 3.23. The van der Waals surface area contributed by atoms with Crippen LogP contribution in [0.1, 0.15) is 17.5 Å². The molecule has 13 heteroatoms. The lowest BCUT2D eigenvalue weighted by Crippen LogP contribution is -2.47. The van der Waals surface area contributed by atoms with Gasteiger partial charge in [-0.1, -0.05) is 29.8 Å². The molecule has 1 heterocycles. The van der Waals surface area contributed by atoms with Crippen molar-refractivity contribution in [2.45, 2.75) is 31.0 Å². The van der Waals surface area contributed by atoms with Crippen LogP contribution in [0.5, 0.6) is 0 Å². The van der Waals surface area contributed by atoms with Crippen LogP contribution >= 0.6 is 0 Å². The van der Waals surface area contributed by atoms with Crippen molar-refractivity contribution in [2.24, 2.45) is 0 Å². The van der Waals surface area contributed by atoms with E-state index in [0.717, 1.165) is 18.7 Å².